The van der Waals surface area contributed by atoms with Crippen LogP contribution in [0.3, 0.4) is 0 Å². The third-order valence-electron chi connectivity index (χ3n) is 7.00. The minimum atomic E-state index is 0.136. The van der Waals surface area contributed by atoms with Crippen LogP contribution in [0, 0.1) is 6.92 Å². The van der Waals surface area contributed by atoms with E-state index < -0.39 is 0 Å². The van der Waals surface area contributed by atoms with Crippen molar-refractivity contribution in [2.45, 2.75) is 33.4 Å². The van der Waals surface area contributed by atoms with Gasteiger partial charge in [-0.05, 0) is 55.1 Å². The van der Waals surface area contributed by atoms with Crippen LogP contribution in [0.25, 0.3) is 21.7 Å². The summed E-state index contributed by atoms with van der Waals surface area (Å²) in [4.78, 5) is 9.45. The van der Waals surface area contributed by atoms with Crippen molar-refractivity contribution in [3.05, 3.63) is 77.3 Å². The van der Waals surface area contributed by atoms with E-state index in [0.717, 1.165) is 49.5 Å². The summed E-state index contributed by atoms with van der Waals surface area (Å²) in [6.45, 7) is 12.9. The Hall–Kier alpha value is -2.73. The molecule has 0 saturated carbocycles. The molecule has 0 radical (unpaired) electrons. The fourth-order valence-electron chi connectivity index (χ4n) is 5.21. The van der Waals surface area contributed by atoms with Crippen LogP contribution in [-0.4, -0.2) is 54.1 Å². The number of nitrogens with zero attached hydrogens (tertiary/aromatic N) is 3. The molecule has 1 unspecified atom stereocenters. The summed E-state index contributed by atoms with van der Waals surface area (Å²) in [5.74, 6) is 0.945. The molecule has 0 bridgehead atoms. The fraction of sp³-hybridized carbons (Fsp3) is 0.393. The van der Waals surface area contributed by atoms with Crippen LogP contribution in [0.1, 0.15) is 42.3 Å². The SMILES string of the molecule is CCOCc1c(C)oc2c1c(C(c1ccncc1)N1CCN(CC)CC1)cc1ccccc12. The Morgan fingerprint density at radius 3 is 2.52 bits per heavy atom. The fourth-order valence-corrected chi connectivity index (χ4v) is 5.21. The van der Waals surface area contributed by atoms with Gasteiger partial charge in [0, 0.05) is 61.5 Å². The van der Waals surface area contributed by atoms with Crippen LogP contribution >= 0.6 is 0 Å². The van der Waals surface area contributed by atoms with Crippen LogP contribution in [0.2, 0.25) is 0 Å². The summed E-state index contributed by atoms with van der Waals surface area (Å²) >= 11 is 0. The Morgan fingerprint density at radius 1 is 1.03 bits per heavy atom. The molecule has 1 atom stereocenters. The second kappa shape index (κ2) is 9.64. The molecule has 33 heavy (non-hydrogen) atoms. The van der Waals surface area contributed by atoms with E-state index in [9.17, 15) is 0 Å². The van der Waals surface area contributed by atoms with Gasteiger partial charge in [-0.1, -0.05) is 31.2 Å². The van der Waals surface area contributed by atoms with E-state index in [1.165, 1.54) is 27.5 Å². The first-order chi connectivity index (χ1) is 16.2. The van der Waals surface area contributed by atoms with E-state index in [-0.39, 0.29) is 6.04 Å². The standard InChI is InChI=1S/C28H33N3O2/c1-4-30-14-16-31(17-15-30)27(21-10-12-29-13-11-21)24-18-22-8-6-7-9-23(22)28-26(24)25(19-32-5-2)20(3)33-28/h6-13,18,27H,4-5,14-17,19H2,1-3H3. The van der Waals surface area contributed by atoms with Crippen molar-refractivity contribution in [3.63, 3.8) is 0 Å². The molecule has 0 spiro atoms. The smallest absolute Gasteiger partial charge is 0.142 e. The quantitative estimate of drug-likeness (QED) is 0.374. The van der Waals surface area contributed by atoms with E-state index in [2.05, 4.69) is 71.1 Å². The van der Waals surface area contributed by atoms with Gasteiger partial charge in [-0.25, -0.2) is 0 Å². The zero-order chi connectivity index (χ0) is 22.8. The largest absolute Gasteiger partial charge is 0.460 e. The molecular formula is C28H33N3O2. The highest BCUT2D eigenvalue weighted by Crippen LogP contribution is 2.41. The van der Waals surface area contributed by atoms with Crippen molar-refractivity contribution in [1.29, 1.82) is 0 Å². The highest BCUT2D eigenvalue weighted by atomic mass is 16.5. The van der Waals surface area contributed by atoms with Gasteiger partial charge in [-0.3, -0.25) is 9.88 Å². The average molecular weight is 444 g/mol. The molecule has 1 aliphatic heterocycles. The Kier molecular flexibility index (Phi) is 6.45. The van der Waals surface area contributed by atoms with Gasteiger partial charge in [-0.2, -0.15) is 0 Å². The number of rotatable bonds is 7. The first-order valence-corrected chi connectivity index (χ1v) is 12.1. The molecule has 5 rings (SSSR count). The van der Waals surface area contributed by atoms with Gasteiger partial charge >= 0.3 is 0 Å². The maximum atomic E-state index is 6.44. The average Bonchev–Trinajstić information content (AvgIpc) is 3.20. The third-order valence-corrected chi connectivity index (χ3v) is 7.00. The normalized spacial score (nSPS) is 16.6. The Balaban J connectivity index is 1.74. The lowest BCUT2D eigenvalue weighted by molar-refractivity contribution is 0.113. The lowest BCUT2D eigenvalue weighted by atomic mass is 9.90. The number of aromatic nitrogens is 1. The minimum absolute atomic E-state index is 0.136. The van der Waals surface area contributed by atoms with Gasteiger partial charge < -0.3 is 14.1 Å². The summed E-state index contributed by atoms with van der Waals surface area (Å²) < 4.78 is 12.3. The number of ether oxygens (including phenoxy) is 1. The monoisotopic (exact) mass is 443 g/mol. The summed E-state index contributed by atoms with van der Waals surface area (Å²) in [5, 5.41) is 3.58. The first kappa shape index (κ1) is 22.1. The highest BCUT2D eigenvalue weighted by Gasteiger charge is 2.30. The molecule has 3 heterocycles. The lowest BCUT2D eigenvalue weighted by Crippen LogP contribution is -2.47. The summed E-state index contributed by atoms with van der Waals surface area (Å²) in [7, 11) is 0. The van der Waals surface area contributed by atoms with E-state index in [0.29, 0.717) is 13.2 Å². The van der Waals surface area contributed by atoms with Gasteiger partial charge in [0.1, 0.15) is 11.3 Å². The van der Waals surface area contributed by atoms with Crippen LogP contribution in [0.5, 0.6) is 0 Å². The number of piperazine rings is 1. The highest BCUT2D eigenvalue weighted by molar-refractivity contribution is 6.07. The van der Waals surface area contributed by atoms with E-state index in [4.69, 9.17) is 9.15 Å². The first-order valence-electron chi connectivity index (χ1n) is 12.1. The number of pyridine rings is 1. The molecule has 5 nitrogen and oxygen atoms in total. The molecule has 0 aliphatic carbocycles. The summed E-state index contributed by atoms with van der Waals surface area (Å²) in [6.07, 6.45) is 3.81. The van der Waals surface area contributed by atoms with E-state index >= 15 is 0 Å². The van der Waals surface area contributed by atoms with Crippen molar-refractivity contribution in [2.24, 2.45) is 0 Å². The van der Waals surface area contributed by atoms with Gasteiger partial charge in [0.05, 0.1) is 12.6 Å². The second-order valence-electron chi connectivity index (χ2n) is 8.82. The molecule has 1 fully saturated rings. The van der Waals surface area contributed by atoms with Gasteiger partial charge in [0.15, 0.2) is 0 Å². The predicted octanol–water partition coefficient (Wildman–Crippen LogP) is 5.55. The molecule has 4 aromatic rings. The number of aryl methyl sites for hydroxylation is 1. The van der Waals surface area contributed by atoms with Crippen molar-refractivity contribution in [3.8, 4) is 0 Å². The predicted molar refractivity (Wildman–Crippen MR) is 134 cm³/mol. The zero-order valence-electron chi connectivity index (χ0n) is 19.9. The molecule has 172 valence electrons. The lowest BCUT2D eigenvalue weighted by Gasteiger charge is -2.39. The molecule has 0 amide bonds. The Bertz CT molecular complexity index is 1230. The number of hydrogen-bond donors (Lipinski definition) is 0. The second-order valence-corrected chi connectivity index (χ2v) is 8.82. The molecule has 5 heteroatoms. The van der Waals surface area contributed by atoms with E-state index in [1.807, 2.05) is 19.3 Å². The Morgan fingerprint density at radius 2 is 1.79 bits per heavy atom. The summed E-state index contributed by atoms with van der Waals surface area (Å²) in [6, 6.07) is 15.4. The number of fused-ring (bicyclic) bond motifs is 3. The maximum absolute atomic E-state index is 6.44. The van der Waals surface area contributed by atoms with Crippen molar-refractivity contribution in [2.75, 3.05) is 39.3 Å². The third kappa shape index (κ3) is 4.17. The maximum Gasteiger partial charge on any atom is 0.142 e. The summed E-state index contributed by atoms with van der Waals surface area (Å²) in [5.41, 5.74) is 4.71. The van der Waals surface area contributed by atoms with Gasteiger partial charge in [0.2, 0.25) is 0 Å². The van der Waals surface area contributed by atoms with Crippen molar-refractivity contribution < 1.29 is 9.15 Å². The molecular weight excluding hydrogens is 410 g/mol. The van der Waals surface area contributed by atoms with Crippen LogP contribution < -0.4 is 0 Å². The molecule has 2 aromatic heterocycles. The number of furan rings is 1. The van der Waals surface area contributed by atoms with Crippen molar-refractivity contribution >= 4 is 21.7 Å². The number of benzene rings is 2. The van der Waals surface area contributed by atoms with E-state index in [1.54, 1.807) is 0 Å². The van der Waals surface area contributed by atoms with Gasteiger partial charge in [0.25, 0.3) is 0 Å². The van der Waals surface area contributed by atoms with Crippen LogP contribution in [-0.2, 0) is 11.3 Å². The van der Waals surface area contributed by atoms with Crippen LogP contribution in [0.15, 0.2) is 59.3 Å². The van der Waals surface area contributed by atoms with Crippen LogP contribution in [0.4, 0.5) is 0 Å². The minimum Gasteiger partial charge on any atom is -0.460 e. The number of hydrogen-bond acceptors (Lipinski definition) is 5. The number of likely N-dealkylation sites (N-methyl/N-ethyl adjacent to an activating group) is 1. The Labute approximate surface area is 196 Å². The zero-order valence-corrected chi connectivity index (χ0v) is 19.9. The molecule has 2 aromatic carbocycles. The molecule has 1 aliphatic rings. The molecule has 0 N–H and O–H groups in total. The van der Waals surface area contributed by atoms with Gasteiger partial charge in [-0.15, -0.1) is 0 Å². The van der Waals surface area contributed by atoms with Crippen molar-refractivity contribution in [1.82, 2.24) is 14.8 Å². The molecule has 1 saturated heterocycles. The topological polar surface area (TPSA) is 41.7 Å².